The van der Waals surface area contributed by atoms with Gasteiger partial charge in [-0.15, -0.1) is 0 Å². The lowest BCUT2D eigenvalue weighted by atomic mass is 9.99. The number of carbonyl (C=O) groups excluding carboxylic acids is 1. The van der Waals surface area contributed by atoms with Crippen LogP contribution in [0.15, 0.2) is 42.5 Å². The van der Waals surface area contributed by atoms with Gasteiger partial charge in [-0.05, 0) is 62.4 Å². The van der Waals surface area contributed by atoms with Gasteiger partial charge in [0.05, 0.1) is 11.8 Å². The molecule has 6 heteroatoms. The van der Waals surface area contributed by atoms with Crippen LogP contribution in [0.25, 0.3) is 0 Å². The SMILES string of the molecule is Cc1ccc(C)c(C(C)NC(=O)c2ccc(CS(=O)(=O)N3CCCCC3)cc2)c1. The second-order valence-corrected chi connectivity index (χ2v) is 9.94. The molecule has 29 heavy (non-hydrogen) atoms. The van der Waals surface area contributed by atoms with Crippen LogP contribution in [-0.2, 0) is 15.8 Å². The van der Waals surface area contributed by atoms with Crippen molar-refractivity contribution in [2.75, 3.05) is 13.1 Å². The molecule has 0 bridgehead atoms. The van der Waals surface area contributed by atoms with Crippen molar-refractivity contribution in [1.82, 2.24) is 9.62 Å². The first kappa shape index (κ1) is 21.5. The molecule has 1 amide bonds. The molecule has 1 unspecified atom stereocenters. The Kier molecular flexibility index (Phi) is 6.75. The first-order valence-electron chi connectivity index (χ1n) is 10.2. The number of sulfonamides is 1. The summed E-state index contributed by atoms with van der Waals surface area (Å²) >= 11 is 0. The molecule has 156 valence electrons. The summed E-state index contributed by atoms with van der Waals surface area (Å²) in [5.41, 5.74) is 4.63. The Morgan fingerprint density at radius 3 is 2.34 bits per heavy atom. The summed E-state index contributed by atoms with van der Waals surface area (Å²) in [6.45, 7) is 7.26. The first-order chi connectivity index (χ1) is 13.8. The molecule has 1 fully saturated rings. The summed E-state index contributed by atoms with van der Waals surface area (Å²) in [6.07, 6.45) is 2.95. The van der Waals surface area contributed by atoms with Crippen molar-refractivity contribution in [3.63, 3.8) is 0 Å². The fourth-order valence-electron chi connectivity index (χ4n) is 3.78. The molecular formula is C23H30N2O3S. The van der Waals surface area contributed by atoms with E-state index in [1.807, 2.05) is 20.8 Å². The van der Waals surface area contributed by atoms with Crippen molar-refractivity contribution >= 4 is 15.9 Å². The zero-order chi connectivity index (χ0) is 21.0. The molecule has 1 atom stereocenters. The number of hydrogen-bond donors (Lipinski definition) is 1. The van der Waals surface area contributed by atoms with E-state index in [-0.39, 0.29) is 17.7 Å². The van der Waals surface area contributed by atoms with Gasteiger partial charge in [0, 0.05) is 18.7 Å². The number of piperidine rings is 1. The van der Waals surface area contributed by atoms with Gasteiger partial charge in [0.25, 0.3) is 5.91 Å². The predicted octanol–water partition coefficient (Wildman–Crippen LogP) is 4.11. The summed E-state index contributed by atoms with van der Waals surface area (Å²) in [7, 11) is -3.30. The Morgan fingerprint density at radius 1 is 1.03 bits per heavy atom. The maximum absolute atomic E-state index is 12.6. The largest absolute Gasteiger partial charge is 0.346 e. The van der Waals surface area contributed by atoms with Crippen molar-refractivity contribution in [1.29, 1.82) is 0 Å². The van der Waals surface area contributed by atoms with E-state index in [4.69, 9.17) is 0 Å². The summed E-state index contributed by atoms with van der Waals surface area (Å²) in [6, 6.07) is 13.0. The summed E-state index contributed by atoms with van der Waals surface area (Å²) < 4.78 is 26.8. The third-order valence-corrected chi connectivity index (χ3v) is 7.37. The standard InChI is InChI=1S/C23H30N2O3S/c1-17-7-8-18(2)22(15-17)19(3)24-23(26)21-11-9-20(10-12-21)16-29(27,28)25-13-5-4-6-14-25/h7-12,15,19H,4-6,13-14,16H2,1-3H3,(H,24,26). The first-order valence-corrected chi connectivity index (χ1v) is 11.8. The van der Waals surface area contributed by atoms with Gasteiger partial charge in [-0.1, -0.05) is 42.3 Å². The van der Waals surface area contributed by atoms with E-state index in [1.165, 1.54) is 0 Å². The molecule has 0 radical (unpaired) electrons. The number of nitrogens with zero attached hydrogens (tertiary/aromatic N) is 1. The zero-order valence-corrected chi connectivity index (χ0v) is 18.3. The third-order valence-electron chi connectivity index (χ3n) is 5.52. The van der Waals surface area contributed by atoms with E-state index in [0.717, 1.165) is 36.0 Å². The monoisotopic (exact) mass is 414 g/mol. The highest BCUT2D eigenvalue weighted by Crippen LogP contribution is 2.20. The van der Waals surface area contributed by atoms with Gasteiger partial charge < -0.3 is 5.32 Å². The zero-order valence-electron chi connectivity index (χ0n) is 17.4. The summed E-state index contributed by atoms with van der Waals surface area (Å²) in [5.74, 6) is -0.183. The quantitative estimate of drug-likeness (QED) is 0.773. The van der Waals surface area contributed by atoms with Crippen LogP contribution in [0, 0.1) is 13.8 Å². The van der Waals surface area contributed by atoms with Gasteiger partial charge in [0.2, 0.25) is 10.0 Å². The summed E-state index contributed by atoms with van der Waals surface area (Å²) in [5, 5.41) is 3.03. The number of carbonyl (C=O) groups is 1. The van der Waals surface area contributed by atoms with E-state index in [9.17, 15) is 13.2 Å². The van der Waals surface area contributed by atoms with Crippen molar-refractivity contribution in [3.05, 3.63) is 70.3 Å². The molecule has 1 aliphatic rings. The molecule has 5 nitrogen and oxygen atoms in total. The smallest absolute Gasteiger partial charge is 0.251 e. The Bertz CT molecular complexity index is 962. The fraction of sp³-hybridized carbons (Fsp3) is 0.435. The van der Waals surface area contributed by atoms with E-state index in [1.54, 1.807) is 28.6 Å². The van der Waals surface area contributed by atoms with Gasteiger partial charge in [-0.25, -0.2) is 12.7 Å². The van der Waals surface area contributed by atoms with E-state index < -0.39 is 10.0 Å². The molecule has 0 saturated carbocycles. The molecule has 2 aromatic carbocycles. The lowest BCUT2D eigenvalue weighted by molar-refractivity contribution is 0.0940. The van der Waals surface area contributed by atoms with Crippen LogP contribution in [0.5, 0.6) is 0 Å². The highest BCUT2D eigenvalue weighted by molar-refractivity contribution is 7.88. The molecular weight excluding hydrogens is 384 g/mol. The highest BCUT2D eigenvalue weighted by atomic mass is 32.2. The van der Waals surface area contributed by atoms with E-state index in [2.05, 4.69) is 23.5 Å². The molecule has 0 aliphatic carbocycles. The lowest BCUT2D eigenvalue weighted by Gasteiger charge is -2.25. The maximum Gasteiger partial charge on any atom is 0.251 e. The number of nitrogens with one attached hydrogen (secondary N) is 1. The highest BCUT2D eigenvalue weighted by Gasteiger charge is 2.24. The minimum absolute atomic E-state index is 0.0201. The normalized spacial score (nSPS) is 16.4. The Balaban J connectivity index is 1.64. The average molecular weight is 415 g/mol. The van der Waals surface area contributed by atoms with Crippen molar-refractivity contribution in [2.45, 2.75) is 51.8 Å². The fourth-order valence-corrected chi connectivity index (χ4v) is 5.39. The Labute approximate surface area is 174 Å². The Morgan fingerprint density at radius 2 is 1.69 bits per heavy atom. The van der Waals surface area contributed by atoms with Crippen LogP contribution in [0.1, 0.15) is 64.8 Å². The molecule has 1 N–H and O–H groups in total. The van der Waals surface area contributed by atoms with Gasteiger partial charge in [0.15, 0.2) is 0 Å². The van der Waals surface area contributed by atoms with Crippen LogP contribution < -0.4 is 5.32 Å². The second kappa shape index (κ2) is 9.09. The van der Waals surface area contributed by atoms with Gasteiger partial charge in [0.1, 0.15) is 0 Å². The summed E-state index contributed by atoms with van der Waals surface area (Å²) in [4.78, 5) is 12.6. The van der Waals surface area contributed by atoms with Crippen LogP contribution in [-0.4, -0.2) is 31.7 Å². The number of rotatable bonds is 6. The average Bonchev–Trinajstić information content (AvgIpc) is 2.70. The van der Waals surface area contributed by atoms with Crippen LogP contribution in [0.4, 0.5) is 0 Å². The van der Waals surface area contributed by atoms with Gasteiger partial charge in [-0.2, -0.15) is 0 Å². The second-order valence-electron chi connectivity index (χ2n) is 7.97. The predicted molar refractivity (Wildman–Crippen MR) is 116 cm³/mol. The molecule has 3 rings (SSSR count). The maximum atomic E-state index is 12.6. The number of hydrogen-bond acceptors (Lipinski definition) is 3. The van der Waals surface area contributed by atoms with Crippen LogP contribution >= 0.6 is 0 Å². The molecule has 1 aliphatic heterocycles. The van der Waals surface area contributed by atoms with E-state index >= 15 is 0 Å². The number of benzene rings is 2. The molecule has 0 spiro atoms. The van der Waals surface area contributed by atoms with Gasteiger partial charge >= 0.3 is 0 Å². The topological polar surface area (TPSA) is 66.5 Å². The van der Waals surface area contributed by atoms with Crippen LogP contribution in [0.2, 0.25) is 0 Å². The molecule has 1 saturated heterocycles. The lowest BCUT2D eigenvalue weighted by Crippen LogP contribution is -2.36. The minimum atomic E-state index is -3.30. The Hall–Kier alpha value is -2.18. The minimum Gasteiger partial charge on any atom is -0.346 e. The third kappa shape index (κ3) is 5.46. The van der Waals surface area contributed by atoms with Crippen LogP contribution in [0.3, 0.4) is 0 Å². The number of amides is 1. The van der Waals surface area contributed by atoms with Crippen molar-refractivity contribution < 1.29 is 13.2 Å². The molecule has 2 aromatic rings. The molecule has 0 aromatic heterocycles. The molecule has 1 heterocycles. The van der Waals surface area contributed by atoms with Crippen molar-refractivity contribution in [2.24, 2.45) is 0 Å². The van der Waals surface area contributed by atoms with Gasteiger partial charge in [-0.3, -0.25) is 4.79 Å². The van der Waals surface area contributed by atoms with Crippen molar-refractivity contribution in [3.8, 4) is 0 Å². The van der Waals surface area contributed by atoms with E-state index in [0.29, 0.717) is 24.2 Å². The number of aryl methyl sites for hydroxylation is 2.